The highest BCUT2D eigenvalue weighted by molar-refractivity contribution is 5.93. The molecule has 6 heteroatoms. The summed E-state index contributed by atoms with van der Waals surface area (Å²) in [5.74, 6) is 1.39. The zero-order chi connectivity index (χ0) is 17.6. The number of benzene rings is 1. The minimum Gasteiger partial charge on any atom is -0.495 e. The lowest BCUT2D eigenvalue weighted by Gasteiger charge is -2.10. The highest BCUT2D eigenvalue weighted by Gasteiger charge is 2.13. The summed E-state index contributed by atoms with van der Waals surface area (Å²) in [5.41, 5.74) is 2.77. The van der Waals surface area contributed by atoms with Crippen molar-refractivity contribution >= 4 is 16.8 Å². The number of hydrogen-bond donors (Lipinski definition) is 2. The number of fused-ring (bicyclic) bond motifs is 1. The van der Waals surface area contributed by atoms with E-state index < -0.39 is 0 Å². The molecular formula is C19H21N3O3. The van der Waals surface area contributed by atoms with Gasteiger partial charge in [0.05, 0.1) is 26.3 Å². The molecular weight excluding hydrogens is 318 g/mol. The quantitative estimate of drug-likeness (QED) is 0.694. The number of aromatic amines is 1. The second kappa shape index (κ2) is 7.70. The summed E-state index contributed by atoms with van der Waals surface area (Å²) in [6.45, 7) is 2.92. The Morgan fingerprint density at radius 1 is 1.24 bits per heavy atom. The Balaban J connectivity index is 1.72. The predicted molar refractivity (Wildman–Crippen MR) is 95.8 cm³/mol. The zero-order valence-electron chi connectivity index (χ0n) is 14.3. The van der Waals surface area contributed by atoms with Crippen LogP contribution in [0.5, 0.6) is 11.5 Å². The van der Waals surface area contributed by atoms with E-state index in [1.807, 2.05) is 37.4 Å². The van der Waals surface area contributed by atoms with Gasteiger partial charge in [0.1, 0.15) is 11.5 Å². The van der Waals surface area contributed by atoms with Crippen molar-refractivity contribution in [3.05, 3.63) is 54.0 Å². The first-order valence-electron chi connectivity index (χ1n) is 8.18. The van der Waals surface area contributed by atoms with E-state index in [-0.39, 0.29) is 12.3 Å². The van der Waals surface area contributed by atoms with Crippen LogP contribution >= 0.6 is 0 Å². The average Bonchev–Trinajstić information content (AvgIpc) is 3.04. The molecule has 2 aromatic heterocycles. The van der Waals surface area contributed by atoms with Gasteiger partial charge < -0.3 is 19.8 Å². The van der Waals surface area contributed by atoms with Gasteiger partial charge in [0.2, 0.25) is 5.91 Å². The minimum atomic E-state index is -0.0638. The van der Waals surface area contributed by atoms with Gasteiger partial charge in [-0.3, -0.25) is 9.78 Å². The Kier molecular flexibility index (Phi) is 5.18. The van der Waals surface area contributed by atoms with Crippen LogP contribution in [0.4, 0.5) is 0 Å². The van der Waals surface area contributed by atoms with Gasteiger partial charge >= 0.3 is 0 Å². The molecule has 0 bridgehead atoms. The van der Waals surface area contributed by atoms with Crippen molar-refractivity contribution in [1.29, 1.82) is 0 Å². The maximum Gasteiger partial charge on any atom is 0.224 e. The van der Waals surface area contributed by atoms with E-state index in [0.717, 1.165) is 27.8 Å². The summed E-state index contributed by atoms with van der Waals surface area (Å²) in [6, 6.07) is 7.66. The van der Waals surface area contributed by atoms with Gasteiger partial charge in [0, 0.05) is 35.4 Å². The van der Waals surface area contributed by atoms with E-state index in [1.165, 1.54) is 0 Å². The average molecular weight is 339 g/mol. The molecule has 2 N–H and O–H groups in total. The number of pyridine rings is 1. The van der Waals surface area contributed by atoms with E-state index in [9.17, 15) is 4.79 Å². The van der Waals surface area contributed by atoms with Gasteiger partial charge in [-0.2, -0.15) is 0 Å². The predicted octanol–water partition coefficient (Wildman–Crippen LogP) is 2.83. The number of amides is 1. The Bertz CT molecular complexity index is 873. The lowest BCUT2D eigenvalue weighted by atomic mass is 10.1. The topological polar surface area (TPSA) is 76.2 Å². The van der Waals surface area contributed by atoms with Gasteiger partial charge in [-0.25, -0.2) is 0 Å². The van der Waals surface area contributed by atoms with Crippen LogP contribution in [-0.4, -0.2) is 29.6 Å². The van der Waals surface area contributed by atoms with E-state index in [4.69, 9.17) is 9.47 Å². The molecule has 0 aliphatic heterocycles. The van der Waals surface area contributed by atoms with Crippen LogP contribution in [0.3, 0.4) is 0 Å². The van der Waals surface area contributed by atoms with Crippen LogP contribution in [0.1, 0.15) is 18.1 Å². The normalized spacial score (nSPS) is 10.6. The smallest absolute Gasteiger partial charge is 0.224 e. The Morgan fingerprint density at radius 2 is 2.12 bits per heavy atom. The largest absolute Gasteiger partial charge is 0.495 e. The van der Waals surface area contributed by atoms with Gasteiger partial charge in [0.15, 0.2) is 0 Å². The number of rotatable bonds is 7. The highest BCUT2D eigenvalue weighted by Crippen LogP contribution is 2.29. The Labute approximate surface area is 146 Å². The first-order chi connectivity index (χ1) is 12.2. The van der Waals surface area contributed by atoms with Crippen LogP contribution in [0, 0.1) is 0 Å². The summed E-state index contributed by atoms with van der Waals surface area (Å²) in [7, 11) is 1.59. The number of H-pyrrole nitrogens is 1. The standard InChI is InChI=1S/C19H21N3O3/c1-3-25-16-6-4-5-15-19(16)14(11-21-15)9-18(23)22-10-13-7-8-20-12-17(13)24-2/h4-8,11-12,21H,3,9-10H2,1-2H3,(H,22,23). The summed E-state index contributed by atoms with van der Waals surface area (Å²) >= 11 is 0. The molecule has 0 unspecified atom stereocenters. The van der Waals surface area contributed by atoms with Crippen molar-refractivity contribution in [1.82, 2.24) is 15.3 Å². The summed E-state index contributed by atoms with van der Waals surface area (Å²) in [6.07, 6.45) is 5.45. The number of ether oxygens (including phenoxy) is 2. The number of carbonyl (C=O) groups excluding carboxylic acids is 1. The molecule has 1 amide bonds. The molecule has 0 aliphatic carbocycles. The molecule has 0 saturated heterocycles. The molecule has 3 rings (SSSR count). The molecule has 0 spiro atoms. The van der Waals surface area contributed by atoms with Crippen LogP contribution in [0.2, 0.25) is 0 Å². The second-order valence-electron chi connectivity index (χ2n) is 5.57. The highest BCUT2D eigenvalue weighted by atomic mass is 16.5. The van der Waals surface area contributed by atoms with E-state index in [2.05, 4.69) is 15.3 Å². The molecule has 0 aliphatic rings. The number of aromatic nitrogens is 2. The molecule has 6 nitrogen and oxygen atoms in total. The fourth-order valence-corrected chi connectivity index (χ4v) is 2.80. The lowest BCUT2D eigenvalue weighted by molar-refractivity contribution is -0.120. The number of methoxy groups -OCH3 is 1. The van der Waals surface area contributed by atoms with Crippen LogP contribution in [-0.2, 0) is 17.8 Å². The van der Waals surface area contributed by atoms with Crippen molar-refractivity contribution in [2.24, 2.45) is 0 Å². The van der Waals surface area contributed by atoms with Crippen LogP contribution in [0.25, 0.3) is 10.9 Å². The molecule has 25 heavy (non-hydrogen) atoms. The van der Waals surface area contributed by atoms with E-state index in [1.54, 1.807) is 19.5 Å². The zero-order valence-corrected chi connectivity index (χ0v) is 14.3. The summed E-state index contributed by atoms with van der Waals surface area (Å²) < 4.78 is 10.9. The number of nitrogens with zero attached hydrogens (tertiary/aromatic N) is 1. The van der Waals surface area contributed by atoms with Crippen molar-refractivity contribution < 1.29 is 14.3 Å². The maximum atomic E-state index is 12.4. The number of hydrogen-bond acceptors (Lipinski definition) is 4. The molecule has 1 aromatic carbocycles. The first-order valence-corrected chi connectivity index (χ1v) is 8.18. The maximum absolute atomic E-state index is 12.4. The molecule has 130 valence electrons. The van der Waals surface area contributed by atoms with Crippen LogP contribution in [0.15, 0.2) is 42.9 Å². The van der Waals surface area contributed by atoms with Crippen molar-refractivity contribution in [2.45, 2.75) is 19.9 Å². The monoisotopic (exact) mass is 339 g/mol. The van der Waals surface area contributed by atoms with Gasteiger partial charge in [-0.05, 0) is 30.7 Å². The SMILES string of the molecule is CCOc1cccc2[nH]cc(CC(=O)NCc3ccncc3OC)c12. The third kappa shape index (κ3) is 3.74. The third-order valence-corrected chi connectivity index (χ3v) is 3.97. The van der Waals surface area contributed by atoms with E-state index >= 15 is 0 Å². The number of carbonyl (C=O) groups is 1. The number of nitrogens with one attached hydrogen (secondary N) is 2. The molecule has 0 fully saturated rings. The van der Waals surface area contributed by atoms with Gasteiger partial charge in [-0.15, -0.1) is 0 Å². The second-order valence-corrected chi connectivity index (χ2v) is 5.57. The molecule has 0 atom stereocenters. The van der Waals surface area contributed by atoms with Gasteiger partial charge in [-0.1, -0.05) is 6.07 Å². The van der Waals surface area contributed by atoms with Crippen molar-refractivity contribution in [3.8, 4) is 11.5 Å². The van der Waals surface area contributed by atoms with Crippen molar-refractivity contribution in [2.75, 3.05) is 13.7 Å². The fraction of sp³-hybridized carbons (Fsp3) is 0.263. The minimum absolute atomic E-state index is 0.0638. The van der Waals surface area contributed by atoms with Crippen molar-refractivity contribution in [3.63, 3.8) is 0 Å². The molecule has 0 saturated carbocycles. The summed E-state index contributed by atoms with van der Waals surface area (Å²) in [4.78, 5) is 19.6. The van der Waals surface area contributed by atoms with E-state index in [0.29, 0.717) is 18.9 Å². The third-order valence-electron chi connectivity index (χ3n) is 3.97. The first kappa shape index (κ1) is 16.8. The Hall–Kier alpha value is -3.02. The van der Waals surface area contributed by atoms with Crippen LogP contribution < -0.4 is 14.8 Å². The Morgan fingerprint density at radius 3 is 2.92 bits per heavy atom. The van der Waals surface area contributed by atoms with Gasteiger partial charge in [0.25, 0.3) is 0 Å². The molecule has 0 radical (unpaired) electrons. The lowest BCUT2D eigenvalue weighted by Crippen LogP contribution is -2.24. The summed E-state index contributed by atoms with van der Waals surface area (Å²) in [5, 5.41) is 3.89. The fourth-order valence-electron chi connectivity index (χ4n) is 2.80. The molecule has 3 aromatic rings. The molecule has 2 heterocycles.